The van der Waals surface area contributed by atoms with Crippen LogP contribution >= 0.6 is 0 Å². The summed E-state index contributed by atoms with van der Waals surface area (Å²) in [5.74, 6) is 0.447. The van der Waals surface area contributed by atoms with Crippen molar-refractivity contribution in [2.24, 2.45) is 0 Å². The third-order valence-corrected chi connectivity index (χ3v) is 4.52. The number of nitrogens with one attached hydrogen (secondary N) is 1. The number of para-hydroxylation sites is 1. The SMILES string of the molecule is CCc1ccccc1NS(=O)(=O)c1ccc(OC)c(N)c1. The van der Waals surface area contributed by atoms with E-state index in [1.54, 1.807) is 12.1 Å². The third-order valence-electron chi connectivity index (χ3n) is 3.15. The van der Waals surface area contributed by atoms with Gasteiger partial charge >= 0.3 is 0 Å². The van der Waals surface area contributed by atoms with Crippen LogP contribution in [0, 0.1) is 0 Å². The molecule has 0 atom stereocenters. The zero-order valence-corrected chi connectivity index (χ0v) is 12.8. The quantitative estimate of drug-likeness (QED) is 0.832. The average Bonchev–Trinajstić information content (AvgIpc) is 2.47. The van der Waals surface area contributed by atoms with Crippen LogP contribution in [0.5, 0.6) is 5.75 Å². The number of ether oxygens (including phenoxy) is 1. The fourth-order valence-corrected chi connectivity index (χ4v) is 3.15. The van der Waals surface area contributed by atoms with Gasteiger partial charge in [-0.25, -0.2) is 8.42 Å². The lowest BCUT2D eigenvalue weighted by Gasteiger charge is -2.12. The Morgan fingerprint density at radius 3 is 2.52 bits per heavy atom. The number of benzene rings is 2. The van der Waals surface area contributed by atoms with Crippen molar-refractivity contribution in [3.8, 4) is 5.75 Å². The molecule has 6 heteroatoms. The van der Waals surface area contributed by atoms with Gasteiger partial charge in [-0.3, -0.25) is 4.72 Å². The lowest BCUT2D eigenvalue weighted by molar-refractivity contribution is 0.416. The number of nitrogen functional groups attached to an aromatic ring is 1. The summed E-state index contributed by atoms with van der Waals surface area (Å²) in [6, 6.07) is 11.7. The standard InChI is InChI=1S/C15H18N2O3S/c1-3-11-6-4-5-7-14(11)17-21(18,19)12-8-9-15(20-2)13(16)10-12/h4-10,17H,3,16H2,1-2H3. The first-order valence-corrected chi connectivity index (χ1v) is 8.00. The molecule has 0 heterocycles. The van der Waals surface area contributed by atoms with Crippen molar-refractivity contribution in [1.82, 2.24) is 0 Å². The lowest BCUT2D eigenvalue weighted by Crippen LogP contribution is -2.14. The molecule has 3 N–H and O–H groups in total. The van der Waals surface area contributed by atoms with Gasteiger partial charge in [-0.05, 0) is 36.2 Å². The molecule has 0 aliphatic heterocycles. The summed E-state index contributed by atoms with van der Waals surface area (Å²) >= 11 is 0. The lowest BCUT2D eigenvalue weighted by atomic mass is 10.1. The summed E-state index contributed by atoms with van der Waals surface area (Å²) in [6.45, 7) is 1.97. The van der Waals surface area contributed by atoms with Gasteiger partial charge in [0.25, 0.3) is 10.0 Å². The molecule has 0 saturated carbocycles. The highest BCUT2D eigenvalue weighted by molar-refractivity contribution is 7.92. The molecular weight excluding hydrogens is 288 g/mol. The van der Waals surface area contributed by atoms with Crippen molar-refractivity contribution in [2.75, 3.05) is 17.6 Å². The molecule has 0 bridgehead atoms. The molecule has 2 aromatic rings. The normalized spacial score (nSPS) is 11.1. The minimum absolute atomic E-state index is 0.103. The second kappa shape index (κ2) is 6.05. The molecule has 0 fully saturated rings. The van der Waals surface area contributed by atoms with Crippen LogP contribution in [0.3, 0.4) is 0 Å². The summed E-state index contributed by atoms with van der Waals surface area (Å²) < 4.78 is 32.5. The Kier molecular flexibility index (Phi) is 4.37. The van der Waals surface area contributed by atoms with Gasteiger partial charge in [0, 0.05) is 0 Å². The van der Waals surface area contributed by atoms with Crippen molar-refractivity contribution < 1.29 is 13.2 Å². The Labute approximate surface area is 124 Å². The van der Waals surface area contributed by atoms with Gasteiger partial charge in [0.15, 0.2) is 0 Å². The summed E-state index contributed by atoms with van der Waals surface area (Å²) in [5, 5.41) is 0. The van der Waals surface area contributed by atoms with Crippen molar-refractivity contribution >= 4 is 21.4 Å². The highest BCUT2D eigenvalue weighted by Gasteiger charge is 2.17. The maximum atomic E-state index is 12.4. The Hall–Kier alpha value is -2.21. The van der Waals surface area contributed by atoms with Gasteiger partial charge in [0.1, 0.15) is 5.75 Å². The molecule has 5 nitrogen and oxygen atoms in total. The van der Waals surface area contributed by atoms with Gasteiger partial charge in [-0.1, -0.05) is 25.1 Å². The van der Waals surface area contributed by atoms with Crippen molar-refractivity contribution in [1.29, 1.82) is 0 Å². The molecule has 0 aliphatic carbocycles. The highest BCUT2D eigenvalue weighted by Crippen LogP contribution is 2.26. The predicted octanol–water partition coefficient (Wildman–Crippen LogP) is 2.64. The van der Waals surface area contributed by atoms with E-state index in [1.807, 2.05) is 19.1 Å². The molecule has 0 aliphatic rings. The van der Waals surface area contributed by atoms with Crippen LogP contribution in [0.2, 0.25) is 0 Å². The minimum Gasteiger partial charge on any atom is -0.495 e. The molecule has 0 saturated heterocycles. The molecular formula is C15H18N2O3S. The Morgan fingerprint density at radius 1 is 1.19 bits per heavy atom. The molecule has 21 heavy (non-hydrogen) atoms. The molecule has 0 amide bonds. The molecule has 112 valence electrons. The van der Waals surface area contributed by atoms with E-state index in [2.05, 4.69) is 4.72 Å². The number of hydrogen-bond donors (Lipinski definition) is 2. The summed E-state index contributed by atoms with van der Waals surface area (Å²) in [6.07, 6.45) is 0.740. The molecule has 0 radical (unpaired) electrons. The van der Waals surface area contributed by atoms with E-state index in [0.29, 0.717) is 11.4 Å². The van der Waals surface area contributed by atoms with E-state index >= 15 is 0 Å². The molecule has 0 spiro atoms. The first kappa shape index (κ1) is 15.2. The number of hydrogen-bond acceptors (Lipinski definition) is 4. The van der Waals surface area contributed by atoms with Gasteiger partial charge in [0.2, 0.25) is 0 Å². The van der Waals surface area contributed by atoms with E-state index in [1.165, 1.54) is 25.3 Å². The van der Waals surface area contributed by atoms with Crippen LogP contribution in [0.1, 0.15) is 12.5 Å². The Morgan fingerprint density at radius 2 is 1.90 bits per heavy atom. The first-order chi connectivity index (χ1) is 9.97. The zero-order valence-electron chi connectivity index (χ0n) is 12.0. The summed E-state index contributed by atoms with van der Waals surface area (Å²) in [7, 11) is -2.20. The molecule has 0 aromatic heterocycles. The van der Waals surface area contributed by atoms with Crippen LogP contribution in [0.15, 0.2) is 47.4 Å². The second-order valence-corrected chi connectivity index (χ2v) is 6.20. The van der Waals surface area contributed by atoms with E-state index in [-0.39, 0.29) is 10.6 Å². The smallest absolute Gasteiger partial charge is 0.261 e. The van der Waals surface area contributed by atoms with Crippen LogP contribution < -0.4 is 15.2 Å². The number of rotatable bonds is 5. The number of methoxy groups -OCH3 is 1. The number of aryl methyl sites for hydroxylation is 1. The minimum atomic E-state index is -3.68. The van der Waals surface area contributed by atoms with Gasteiger partial charge in [-0.15, -0.1) is 0 Å². The van der Waals surface area contributed by atoms with E-state index in [9.17, 15) is 8.42 Å². The predicted molar refractivity (Wildman–Crippen MR) is 84.0 cm³/mol. The summed E-state index contributed by atoms with van der Waals surface area (Å²) in [4.78, 5) is 0.103. The summed E-state index contributed by atoms with van der Waals surface area (Å²) in [5.41, 5.74) is 7.55. The van der Waals surface area contributed by atoms with Gasteiger partial charge in [0.05, 0.1) is 23.4 Å². The number of nitrogens with two attached hydrogens (primary N) is 1. The first-order valence-electron chi connectivity index (χ1n) is 6.52. The Bertz CT molecular complexity index is 742. The fraction of sp³-hybridized carbons (Fsp3) is 0.200. The van der Waals surface area contributed by atoms with E-state index in [4.69, 9.17) is 10.5 Å². The maximum Gasteiger partial charge on any atom is 0.261 e. The monoisotopic (exact) mass is 306 g/mol. The largest absolute Gasteiger partial charge is 0.495 e. The van der Waals surface area contributed by atoms with E-state index < -0.39 is 10.0 Å². The highest BCUT2D eigenvalue weighted by atomic mass is 32.2. The van der Waals surface area contributed by atoms with Crippen molar-refractivity contribution in [3.63, 3.8) is 0 Å². The molecule has 2 rings (SSSR count). The topological polar surface area (TPSA) is 81.4 Å². The molecule has 0 unspecified atom stereocenters. The third kappa shape index (κ3) is 3.28. The van der Waals surface area contributed by atoms with Crippen LogP contribution in [0.4, 0.5) is 11.4 Å². The van der Waals surface area contributed by atoms with Gasteiger partial charge < -0.3 is 10.5 Å². The fourth-order valence-electron chi connectivity index (χ4n) is 2.01. The Balaban J connectivity index is 2.36. The second-order valence-electron chi connectivity index (χ2n) is 4.52. The van der Waals surface area contributed by atoms with Crippen LogP contribution in [0.25, 0.3) is 0 Å². The van der Waals surface area contributed by atoms with Crippen molar-refractivity contribution in [2.45, 2.75) is 18.2 Å². The average molecular weight is 306 g/mol. The van der Waals surface area contributed by atoms with Crippen molar-refractivity contribution in [3.05, 3.63) is 48.0 Å². The van der Waals surface area contributed by atoms with Crippen LogP contribution in [-0.4, -0.2) is 15.5 Å². The maximum absolute atomic E-state index is 12.4. The van der Waals surface area contributed by atoms with E-state index in [0.717, 1.165) is 12.0 Å². The molecule has 2 aromatic carbocycles. The van der Waals surface area contributed by atoms with Crippen LogP contribution in [-0.2, 0) is 16.4 Å². The number of sulfonamides is 1. The zero-order chi connectivity index (χ0) is 15.5. The number of anilines is 2. The van der Waals surface area contributed by atoms with Gasteiger partial charge in [-0.2, -0.15) is 0 Å².